The maximum absolute atomic E-state index is 12.7. The van der Waals surface area contributed by atoms with Gasteiger partial charge in [-0.05, 0) is 24.1 Å². The second-order valence-corrected chi connectivity index (χ2v) is 6.72. The van der Waals surface area contributed by atoms with Gasteiger partial charge in [0.1, 0.15) is 5.75 Å². The largest absolute Gasteiger partial charge is 0.497 e. The van der Waals surface area contributed by atoms with Gasteiger partial charge < -0.3 is 14.4 Å². The fourth-order valence-corrected chi connectivity index (χ4v) is 3.75. The van der Waals surface area contributed by atoms with E-state index in [0.29, 0.717) is 18.9 Å². The van der Waals surface area contributed by atoms with E-state index >= 15 is 0 Å². The number of H-pyrrole nitrogens is 1. The van der Waals surface area contributed by atoms with Crippen LogP contribution in [0.25, 0.3) is 0 Å². The van der Waals surface area contributed by atoms with Crippen molar-refractivity contribution >= 4 is 5.91 Å². The lowest BCUT2D eigenvalue weighted by Crippen LogP contribution is -2.30. The van der Waals surface area contributed by atoms with Crippen LogP contribution >= 0.6 is 0 Å². The van der Waals surface area contributed by atoms with E-state index in [2.05, 4.69) is 10.2 Å². The molecule has 2 aliphatic rings. The second kappa shape index (κ2) is 6.88. The zero-order chi connectivity index (χ0) is 17.2. The normalized spacial score (nSPS) is 19.7. The zero-order valence-electron chi connectivity index (χ0n) is 14.5. The minimum absolute atomic E-state index is 0.163. The molecule has 6 nitrogen and oxygen atoms in total. The third kappa shape index (κ3) is 3.26. The average molecular weight is 341 g/mol. The molecular weight excluding hydrogens is 318 g/mol. The Hall–Kier alpha value is -2.34. The van der Waals surface area contributed by atoms with E-state index in [1.165, 1.54) is 11.3 Å². The predicted octanol–water partition coefficient (Wildman–Crippen LogP) is 2.05. The van der Waals surface area contributed by atoms with E-state index in [1.54, 1.807) is 7.11 Å². The lowest BCUT2D eigenvalue weighted by Gasteiger charge is -2.18. The molecule has 0 saturated carbocycles. The number of carbonyl (C=O) groups excluding carboxylic acids is 1. The van der Waals surface area contributed by atoms with Crippen molar-refractivity contribution in [3.8, 4) is 5.75 Å². The van der Waals surface area contributed by atoms with Crippen molar-refractivity contribution in [3.05, 3.63) is 46.8 Å². The fourth-order valence-electron chi connectivity index (χ4n) is 3.75. The summed E-state index contributed by atoms with van der Waals surface area (Å²) in [4.78, 5) is 14.6. The molecule has 6 heteroatoms. The summed E-state index contributed by atoms with van der Waals surface area (Å²) in [6.45, 7) is 2.91. The lowest BCUT2D eigenvalue weighted by atomic mass is 9.98. The topological polar surface area (TPSA) is 67.5 Å². The first-order valence-electron chi connectivity index (χ1n) is 8.79. The van der Waals surface area contributed by atoms with Crippen molar-refractivity contribution in [2.75, 3.05) is 26.8 Å². The van der Waals surface area contributed by atoms with Crippen LogP contribution in [0.4, 0.5) is 0 Å². The van der Waals surface area contributed by atoms with Gasteiger partial charge in [-0.2, -0.15) is 5.10 Å². The Bertz CT molecular complexity index is 771. The fraction of sp³-hybridized carbons (Fsp3) is 0.474. The van der Waals surface area contributed by atoms with Crippen LogP contribution in [-0.4, -0.2) is 47.8 Å². The number of amides is 1. The smallest absolute Gasteiger partial charge is 0.227 e. The number of hydrogen-bond acceptors (Lipinski definition) is 4. The summed E-state index contributed by atoms with van der Waals surface area (Å²) in [5.41, 5.74) is 4.48. The standard InChI is InChI=1S/C19H23N3O3/c1-24-15-4-2-3-13(9-15)10-18(23)22-7-5-14(11-22)19-16-12-25-8-6-17(16)20-21-19/h2-4,9,14H,5-8,10-12H2,1H3,(H,20,21). The Kier molecular flexibility index (Phi) is 4.44. The molecule has 2 aromatic rings. The summed E-state index contributed by atoms with van der Waals surface area (Å²) in [5, 5.41) is 7.67. The van der Waals surface area contributed by atoms with Gasteiger partial charge in [0, 0.05) is 36.7 Å². The molecule has 1 aromatic carbocycles. The zero-order valence-corrected chi connectivity index (χ0v) is 14.5. The van der Waals surface area contributed by atoms with Gasteiger partial charge in [-0.15, -0.1) is 0 Å². The number of rotatable bonds is 4. The Morgan fingerprint density at radius 2 is 2.40 bits per heavy atom. The molecule has 4 rings (SSSR count). The third-order valence-electron chi connectivity index (χ3n) is 5.14. The number of aromatic nitrogens is 2. The summed E-state index contributed by atoms with van der Waals surface area (Å²) >= 11 is 0. The molecular formula is C19H23N3O3. The summed E-state index contributed by atoms with van der Waals surface area (Å²) in [6, 6.07) is 7.70. The number of likely N-dealkylation sites (tertiary alicyclic amines) is 1. The summed E-state index contributed by atoms with van der Waals surface area (Å²) in [7, 11) is 1.64. The SMILES string of the molecule is COc1cccc(CC(=O)N2CCC(c3n[nH]c4c3COCC4)C2)c1. The second-order valence-electron chi connectivity index (χ2n) is 6.72. The van der Waals surface area contributed by atoms with E-state index in [9.17, 15) is 4.79 Å². The number of benzene rings is 1. The van der Waals surface area contributed by atoms with Crippen LogP contribution in [0.5, 0.6) is 5.75 Å². The number of nitrogens with one attached hydrogen (secondary N) is 1. The minimum atomic E-state index is 0.163. The predicted molar refractivity (Wildman–Crippen MR) is 92.6 cm³/mol. The maximum Gasteiger partial charge on any atom is 0.227 e. The van der Waals surface area contributed by atoms with Crippen LogP contribution in [0.3, 0.4) is 0 Å². The molecule has 1 N–H and O–H groups in total. The molecule has 132 valence electrons. The van der Waals surface area contributed by atoms with Gasteiger partial charge in [0.2, 0.25) is 5.91 Å². The highest BCUT2D eigenvalue weighted by Gasteiger charge is 2.31. The van der Waals surface area contributed by atoms with Crippen molar-refractivity contribution in [2.45, 2.75) is 31.8 Å². The van der Waals surface area contributed by atoms with Crippen LogP contribution in [-0.2, 0) is 29.0 Å². The molecule has 3 heterocycles. The summed E-state index contributed by atoms with van der Waals surface area (Å²) < 4.78 is 10.8. The van der Waals surface area contributed by atoms with E-state index < -0.39 is 0 Å². The molecule has 1 atom stereocenters. The molecule has 1 amide bonds. The van der Waals surface area contributed by atoms with Crippen molar-refractivity contribution in [1.29, 1.82) is 0 Å². The number of carbonyl (C=O) groups is 1. The van der Waals surface area contributed by atoms with Crippen LogP contribution in [0, 0.1) is 0 Å². The quantitative estimate of drug-likeness (QED) is 0.924. The third-order valence-corrected chi connectivity index (χ3v) is 5.14. The highest BCUT2D eigenvalue weighted by Crippen LogP contribution is 2.31. The highest BCUT2D eigenvalue weighted by atomic mass is 16.5. The number of ether oxygens (including phenoxy) is 2. The molecule has 0 spiro atoms. The van der Waals surface area contributed by atoms with Crippen molar-refractivity contribution in [3.63, 3.8) is 0 Å². The molecule has 1 fully saturated rings. The van der Waals surface area contributed by atoms with Crippen molar-refractivity contribution < 1.29 is 14.3 Å². The average Bonchev–Trinajstić information content (AvgIpc) is 3.28. The van der Waals surface area contributed by atoms with Crippen LogP contribution in [0.2, 0.25) is 0 Å². The lowest BCUT2D eigenvalue weighted by molar-refractivity contribution is -0.129. The molecule has 0 radical (unpaired) electrons. The highest BCUT2D eigenvalue weighted by molar-refractivity contribution is 5.79. The van der Waals surface area contributed by atoms with E-state index in [0.717, 1.165) is 49.5 Å². The molecule has 0 bridgehead atoms. The summed E-state index contributed by atoms with van der Waals surface area (Å²) in [5.74, 6) is 1.25. The Morgan fingerprint density at radius 1 is 1.48 bits per heavy atom. The Labute approximate surface area is 147 Å². The molecule has 0 aliphatic carbocycles. The first-order valence-corrected chi connectivity index (χ1v) is 8.79. The minimum Gasteiger partial charge on any atom is -0.497 e. The van der Waals surface area contributed by atoms with Crippen LogP contribution < -0.4 is 4.74 Å². The van der Waals surface area contributed by atoms with Crippen molar-refractivity contribution in [2.24, 2.45) is 0 Å². The molecule has 25 heavy (non-hydrogen) atoms. The van der Waals surface area contributed by atoms with Gasteiger partial charge in [0.25, 0.3) is 0 Å². The van der Waals surface area contributed by atoms with Crippen LogP contribution in [0.15, 0.2) is 24.3 Å². The molecule has 2 aliphatic heterocycles. The van der Waals surface area contributed by atoms with Gasteiger partial charge in [0.15, 0.2) is 0 Å². The van der Waals surface area contributed by atoms with Gasteiger partial charge in [-0.3, -0.25) is 9.89 Å². The molecule has 1 unspecified atom stereocenters. The number of methoxy groups -OCH3 is 1. The van der Waals surface area contributed by atoms with Crippen LogP contribution in [0.1, 0.15) is 34.9 Å². The number of fused-ring (bicyclic) bond motifs is 1. The van der Waals surface area contributed by atoms with Crippen molar-refractivity contribution in [1.82, 2.24) is 15.1 Å². The number of aromatic amines is 1. The van der Waals surface area contributed by atoms with E-state index in [4.69, 9.17) is 9.47 Å². The van der Waals surface area contributed by atoms with Gasteiger partial charge in [-0.1, -0.05) is 12.1 Å². The van der Waals surface area contributed by atoms with Gasteiger partial charge in [0.05, 0.1) is 32.4 Å². The Balaban J connectivity index is 1.41. The summed E-state index contributed by atoms with van der Waals surface area (Å²) in [6.07, 6.45) is 2.26. The monoisotopic (exact) mass is 341 g/mol. The van der Waals surface area contributed by atoms with E-state index in [-0.39, 0.29) is 5.91 Å². The first kappa shape index (κ1) is 16.1. The van der Waals surface area contributed by atoms with Gasteiger partial charge >= 0.3 is 0 Å². The number of nitrogens with zero attached hydrogens (tertiary/aromatic N) is 2. The first-order chi connectivity index (χ1) is 12.2. The van der Waals surface area contributed by atoms with Gasteiger partial charge in [-0.25, -0.2) is 0 Å². The molecule has 1 aromatic heterocycles. The molecule has 1 saturated heterocycles. The number of hydrogen-bond donors (Lipinski definition) is 1. The Morgan fingerprint density at radius 3 is 3.28 bits per heavy atom. The van der Waals surface area contributed by atoms with E-state index in [1.807, 2.05) is 29.2 Å². The maximum atomic E-state index is 12.7.